The van der Waals surface area contributed by atoms with Gasteiger partial charge in [-0.2, -0.15) is 0 Å². The van der Waals surface area contributed by atoms with Crippen molar-refractivity contribution in [2.75, 3.05) is 11.6 Å². The minimum absolute atomic E-state index is 0.446. The molecule has 4 aromatic rings. The molecule has 4 rings (SSSR count). The zero-order valence-electron chi connectivity index (χ0n) is 16.3. The number of nitrogens with one attached hydrogen (secondary N) is 1. The van der Waals surface area contributed by atoms with Crippen LogP contribution in [0, 0.1) is 13.8 Å². The van der Waals surface area contributed by atoms with Crippen molar-refractivity contribution in [2.45, 2.75) is 18.7 Å². The van der Waals surface area contributed by atoms with Gasteiger partial charge in [0.05, 0.1) is 17.7 Å². The maximum atomic E-state index is 6.32. The van der Waals surface area contributed by atoms with Crippen molar-refractivity contribution in [2.24, 2.45) is 7.05 Å². The standard InChI is InChI=1S/C19H19ClIN6PS/c1-10-9-22-18(26(10)3)12-5-6-13(15(7-12)29-4)24-14-8-16(20)25-19-17(14)23-11(2)27(19)28-21/h5-9,28H,1-4H3,(H,24,25). The number of imidazole rings is 2. The predicted molar refractivity (Wildman–Crippen MR) is 133 cm³/mol. The molecule has 0 saturated carbocycles. The molecule has 3 aromatic heterocycles. The topological polar surface area (TPSA) is 60.6 Å². The first-order chi connectivity index (χ1) is 13.9. The average molecular weight is 557 g/mol. The normalized spacial score (nSPS) is 11.8. The van der Waals surface area contributed by atoms with Gasteiger partial charge in [0.15, 0.2) is 5.65 Å². The van der Waals surface area contributed by atoms with E-state index in [0.717, 1.165) is 50.3 Å². The number of hydrogen-bond acceptors (Lipinski definition) is 5. The molecule has 1 unspecified atom stereocenters. The summed E-state index contributed by atoms with van der Waals surface area (Å²) in [5, 5.41) is 3.97. The van der Waals surface area contributed by atoms with E-state index >= 15 is 0 Å². The van der Waals surface area contributed by atoms with E-state index in [0.29, 0.717) is 11.5 Å². The van der Waals surface area contributed by atoms with Crippen LogP contribution >= 0.6 is 51.8 Å². The Morgan fingerprint density at radius 1 is 1.17 bits per heavy atom. The van der Waals surface area contributed by atoms with E-state index in [1.54, 1.807) is 11.8 Å². The molecule has 0 aliphatic heterocycles. The lowest BCUT2D eigenvalue weighted by atomic mass is 10.2. The Labute approximate surface area is 193 Å². The fourth-order valence-electron chi connectivity index (χ4n) is 3.16. The predicted octanol–water partition coefficient (Wildman–Crippen LogP) is 6.36. The van der Waals surface area contributed by atoms with Crippen LogP contribution in [0.25, 0.3) is 22.6 Å². The molecule has 1 atom stereocenters. The number of aryl methyl sites for hydroxylation is 2. The summed E-state index contributed by atoms with van der Waals surface area (Å²) >= 11 is 10.3. The quantitative estimate of drug-likeness (QED) is 0.134. The van der Waals surface area contributed by atoms with E-state index in [9.17, 15) is 0 Å². The Balaban J connectivity index is 1.78. The summed E-state index contributed by atoms with van der Waals surface area (Å²) in [4.78, 5) is 14.9. The third-order valence-electron chi connectivity index (χ3n) is 4.79. The number of fused-ring (bicyclic) bond motifs is 1. The van der Waals surface area contributed by atoms with Gasteiger partial charge in [0, 0.05) is 35.5 Å². The molecule has 0 fully saturated rings. The third-order valence-corrected chi connectivity index (χ3v) is 7.91. The van der Waals surface area contributed by atoms with E-state index in [1.165, 1.54) is 0 Å². The molecule has 1 aromatic carbocycles. The molecule has 29 heavy (non-hydrogen) atoms. The van der Waals surface area contributed by atoms with Crippen LogP contribution in [-0.2, 0) is 7.05 Å². The lowest BCUT2D eigenvalue weighted by Crippen LogP contribution is -1.98. The van der Waals surface area contributed by atoms with Crippen LogP contribution in [0.3, 0.4) is 0 Å². The molecular formula is C19H19ClIN6PS. The lowest BCUT2D eigenvalue weighted by molar-refractivity contribution is 0.883. The first kappa shape index (κ1) is 20.9. The van der Waals surface area contributed by atoms with Crippen LogP contribution in [0.4, 0.5) is 11.4 Å². The number of anilines is 2. The van der Waals surface area contributed by atoms with Crippen LogP contribution in [0.2, 0.25) is 5.15 Å². The van der Waals surface area contributed by atoms with Crippen molar-refractivity contribution in [1.29, 1.82) is 0 Å². The van der Waals surface area contributed by atoms with Gasteiger partial charge in [-0.3, -0.25) is 4.34 Å². The zero-order valence-corrected chi connectivity index (χ0v) is 21.0. The molecule has 10 heteroatoms. The van der Waals surface area contributed by atoms with Gasteiger partial charge in [0.1, 0.15) is 22.3 Å². The summed E-state index contributed by atoms with van der Waals surface area (Å²) in [7, 11) is 2.03. The minimum Gasteiger partial charge on any atom is -0.353 e. The molecule has 0 bridgehead atoms. The summed E-state index contributed by atoms with van der Waals surface area (Å²) in [5.74, 6) is 1.88. The molecule has 0 amide bonds. The summed E-state index contributed by atoms with van der Waals surface area (Å²) < 4.78 is 4.17. The number of thioether (sulfide) groups is 1. The van der Waals surface area contributed by atoms with Crippen molar-refractivity contribution >= 4 is 74.3 Å². The first-order valence-electron chi connectivity index (χ1n) is 8.79. The fraction of sp³-hybridized carbons (Fsp3) is 0.211. The van der Waals surface area contributed by atoms with Gasteiger partial charge in [-0.05, 0) is 60.3 Å². The first-order valence-corrected chi connectivity index (χ1v) is 14.5. The average Bonchev–Trinajstić information content (AvgIpc) is 3.20. The molecule has 0 spiro atoms. The van der Waals surface area contributed by atoms with Crippen molar-refractivity contribution in [1.82, 2.24) is 23.9 Å². The highest BCUT2D eigenvalue weighted by Crippen LogP contribution is 2.37. The van der Waals surface area contributed by atoms with E-state index < -0.39 is 0 Å². The number of hydrogen-bond donors (Lipinski definition) is 1. The van der Waals surface area contributed by atoms with Crippen LogP contribution in [0.5, 0.6) is 0 Å². The summed E-state index contributed by atoms with van der Waals surface area (Å²) in [6, 6.07) is 8.15. The van der Waals surface area contributed by atoms with E-state index in [-0.39, 0.29) is 0 Å². The Bertz CT molecular complexity index is 1220. The summed E-state index contributed by atoms with van der Waals surface area (Å²) in [5.41, 5.74) is 5.69. The van der Waals surface area contributed by atoms with Gasteiger partial charge in [-0.15, -0.1) is 11.8 Å². The maximum absolute atomic E-state index is 6.32. The zero-order chi connectivity index (χ0) is 20.7. The van der Waals surface area contributed by atoms with Crippen molar-refractivity contribution < 1.29 is 0 Å². The van der Waals surface area contributed by atoms with Crippen LogP contribution < -0.4 is 5.32 Å². The minimum atomic E-state index is 0.446. The number of benzene rings is 1. The molecule has 1 N–H and O–H groups in total. The number of nitrogens with zero attached hydrogens (tertiary/aromatic N) is 5. The number of halogens is 2. The van der Waals surface area contributed by atoms with Crippen molar-refractivity contribution in [3.05, 3.63) is 47.1 Å². The Morgan fingerprint density at radius 2 is 1.97 bits per heavy atom. The molecule has 0 saturated heterocycles. The van der Waals surface area contributed by atoms with Crippen molar-refractivity contribution in [3.8, 4) is 11.4 Å². The van der Waals surface area contributed by atoms with Gasteiger partial charge < -0.3 is 9.88 Å². The molecule has 6 nitrogen and oxygen atoms in total. The van der Waals surface area contributed by atoms with Crippen LogP contribution in [0.1, 0.15) is 11.5 Å². The second-order valence-corrected chi connectivity index (χ2v) is 9.86. The van der Waals surface area contributed by atoms with Crippen LogP contribution in [-0.4, -0.2) is 30.1 Å². The molecule has 0 radical (unpaired) electrons. The summed E-state index contributed by atoms with van der Waals surface area (Å²) in [6.45, 7) is 4.04. The Morgan fingerprint density at radius 3 is 2.62 bits per heavy atom. The van der Waals surface area contributed by atoms with Gasteiger partial charge >= 0.3 is 0 Å². The highest BCUT2D eigenvalue weighted by Gasteiger charge is 2.16. The molecule has 0 aliphatic rings. The lowest BCUT2D eigenvalue weighted by Gasteiger charge is -2.13. The Kier molecular flexibility index (Phi) is 6.06. The molecular weight excluding hydrogens is 538 g/mol. The second kappa shape index (κ2) is 8.41. The second-order valence-electron chi connectivity index (χ2n) is 6.57. The largest absolute Gasteiger partial charge is 0.353 e. The smallest absolute Gasteiger partial charge is 0.167 e. The van der Waals surface area contributed by atoms with Gasteiger partial charge in [0.25, 0.3) is 0 Å². The molecule has 3 heterocycles. The van der Waals surface area contributed by atoms with Gasteiger partial charge in [-0.1, -0.05) is 11.6 Å². The van der Waals surface area contributed by atoms with Crippen molar-refractivity contribution in [3.63, 3.8) is 0 Å². The number of pyridine rings is 1. The summed E-state index contributed by atoms with van der Waals surface area (Å²) in [6.07, 6.45) is 4.47. The maximum Gasteiger partial charge on any atom is 0.167 e. The van der Waals surface area contributed by atoms with E-state index in [4.69, 9.17) is 16.6 Å². The fourth-order valence-corrected chi connectivity index (χ4v) is 6.08. The highest BCUT2D eigenvalue weighted by molar-refractivity contribution is 14.2. The monoisotopic (exact) mass is 556 g/mol. The molecule has 0 aliphatic carbocycles. The SMILES string of the molecule is CSc1cc(-c2ncc(C)n2C)ccc1Nc1cc(Cl)nc2c1nc(C)n2PI. The Hall–Kier alpha value is -1.35. The van der Waals surface area contributed by atoms with Crippen LogP contribution in [0.15, 0.2) is 35.4 Å². The van der Waals surface area contributed by atoms with Gasteiger partial charge in [-0.25, -0.2) is 15.0 Å². The van der Waals surface area contributed by atoms with Gasteiger partial charge in [0.2, 0.25) is 0 Å². The number of rotatable bonds is 5. The molecule has 150 valence electrons. The van der Waals surface area contributed by atoms with E-state index in [1.807, 2.05) is 26.2 Å². The highest BCUT2D eigenvalue weighted by atomic mass is 127. The number of aromatic nitrogens is 5. The van der Waals surface area contributed by atoms with E-state index in [2.05, 4.69) is 77.6 Å². The third kappa shape index (κ3) is 3.87.